The molecule has 0 spiro atoms. The Morgan fingerprint density at radius 1 is 0.404 bits per heavy atom. The largest absolute Gasteiger partial charge is 0.228 e. The summed E-state index contributed by atoms with van der Waals surface area (Å²) in [6.45, 7) is 2.37. The van der Waals surface area contributed by atoms with Gasteiger partial charge >= 0.3 is 0 Å². The zero-order chi connectivity index (χ0) is 37.9. The van der Waals surface area contributed by atoms with Gasteiger partial charge in [0.25, 0.3) is 0 Å². The van der Waals surface area contributed by atoms with Gasteiger partial charge in [-0.3, -0.25) is 0 Å². The van der Waals surface area contributed by atoms with Crippen molar-refractivity contribution >= 4 is 31.5 Å². The average molecular weight is 745 g/mol. The molecule has 57 heavy (non-hydrogen) atoms. The first-order valence-corrected chi connectivity index (χ1v) is 20.3. The summed E-state index contributed by atoms with van der Waals surface area (Å²) >= 11 is 1.86. The summed E-state index contributed by atoms with van der Waals surface area (Å²) in [6.07, 6.45) is 0. The minimum atomic E-state index is -0.257. The smallest absolute Gasteiger partial charge is 0.160 e. The molecule has 0 amide bonds. The molecule has 0 N–H and O–H groups in total. The van der Waals surface area contributed by atoms with Crippen LogP contribution in [0.2, 0.25) is 0 Å². The summed E-state index contributed by atoms with van der Waals surface area (Å²) in [4.78, 5) is 10.4. The molecular weight excluding hydrogens is 709 g/mol. The Hall–Kier alpha value is -6.94. The molecule has 1 aliphatic carbocycles. The van der Waals surface area contributed by atoms with Crippen LogP contribution in [-0.4, -0.2) is 9.97 Å². The van der Waals surface area contributed by atoms with Gasteiger partial charge in [-0.25, -0.2) is 9.97 Å². The lowest BCUT2D eigenvalue weighted by Gasteiger charge is -2.28. The van der Waals surface area contributed by atoms with E-state index in [4.69, 9.17) is 9.97 Å². The number of thiophene rings is 1. The fourth-order valence-corrected chi connectivity index (χ4v) is 10.2. The highest BCUT2D eigenvalue weighted by atomic mass is 32.1. The number of benzene rings is 8. The summed E-state index contributed by atoms with van der Waals surface area (Å²) in [5, 5.41) is 2.62. The molecule has 3 heteroatoms. The van der Waals surface area contributed by atoms with Crippen LogP contribution in [0.25, 0.3) is 87.5 Å². The predicted octanol–water partition coefficient (Wildman–Crippen LogP) is 14.5. The lowest BCUT2D eigenvalue weighted by Crippen LogP contribution is -2.22. The van der Waals surface area contributed by atoms with E-state index in [0.29, 0.717) is 5.82 Å². The molecule has 1 aliphatic rings. The molecule has 1 atom stereocenters. The van der Waals surface area contributed by atoms with Gasteiger partial charge in [-0.2, -0.15) is 0 Å². The minimum Gasteiger partial charge on any atom is -0.228 e. The van der Waals surface area contributed by atoms with Crippen molar-refractivity contribution in [1.29, 1.82) is 0 Å². The maximum Gasteiger partial charge on any atom is 0.160 e. The van der Waals surface area contributed by atoms with Crippen LogP contribution in [0.1, 0.15) is 23.6 Å². The zero-order valence-electron chi connectivity index (χ0n) is 31.4. The molecule has 11 rings (SSSR count). The molecular formula is C54H36N2S. The Balaban J connectivity index is 1.02. The van der Waals surface area contributed by atoms with Crippen LogP contribution in [0.15, 0.2) is 200 Å². The van der Waals surface area contributed by atoms with Gasteiger partial charge in [0.1, 0.15) is 0 Å². The molecule has 1 unspecified atom stereocenters. The third kappa shape index (κ3) is 5.46. The van der Waals surface area contributed by atoms with Gasteiger partial charge < -0.3 is 0 Å². The van der Waals surface area contributed by atoms with Crippen LogP contribution in [0.5, 0.6) is 0 Å². The van der Waals surface area contributed by atoms with Gasteiger partial charge in [0.05, 0.1) is 11.4 Å². The predicted molar refractivity (Wildman–Crippen MR) is 240 cm³/mol. The van der Waals surface area contributed by atoms with Crippen molar-refractivity contribution in [3.8, 4) is 67.3 Å². The number of fused-ring (bicyclic) bond motifs is 6. The van der Waals surface area contributed by atoms with E-state index in [2.05, 4.69) is 189 Å². The van der Waals surface area contributed by atoms with E-state index < -0.39 is 0 Å². The monoisotopic (exact) mass is 744 g/mol. The molecule has 10 aromatic rings. The fourth-order valence-electron chi connectivity index (χ4n) is 8.96. The second kappa shape index (κ2) is 13.4. The molecule has 2 nitrogen and oxygen atoms in total. The molecule has 0 bridgehead atoms. The highest BCUT2D eigenvalue weighted by Gasteiger charge is 2.41. The van der Waals surface area contributed by atoms with Crippen molar-refractivity contribution in [3.63, 3.8) is 0 Å². The second-order valence-corrected chi connectivity index (χ2v) is 16.1. The van der Waals surface area contributed by atoms with Gasteiger partial charge in [0, 0.05) is 42.3 Å². The summed E-state index contributed by atoms with van der Waals surface area (Å²) in [5.74, 6) is 0.709. The minimum absolute atomic E-state index is 0.257. The maximum atomic E-state index is 5.22. The standard InChI is InChI=1S/C54H36N2S/c1-54(40-19-6-3-7-20-40)46-26-10-8-22-45(46)51-41(23-14-27-47(51)54)38-17-12-18-39(33-38)49-34-48(55-53(56-49)37-15-4-2-5-16-37)36-31-29-35(30-32-36)42-24-13-25-44-43-21-9-11-28-50(43)57-52(42)44/h2-34H,1H3. The van der Waals surface area contributed by atoms with E-state index in [9.17, 15) is 0 Å². The Morgan fingerprint density at radius 3 is 1.82 bits per heavy atom. The van der Waals surface area contributed by atoms with Crippen molar-refractivity contribution in [2.45, 2.75) is 12.3 Å². The van der Waals surface area contributed by atoms with Crippen molar-refractivity contribution in [3.05, 3.63) is 217 Å². The summed E-state index contributed by atoms with van der Waals surface area (Å²) in [7, 11) is 0. The Bertz CT molecular complexity index is 3130. The molecule has 0 saturated carbocycles. The molecule has 268 valence electrons. The summed E-state index contributed by atoms with van der Waals surface area (Å²) in [5.41, 5.74) is 16.0. The quantitative estimate of drug-likeness (QED) is 0.169. The molecule has 8 aromatic carbocycles. The van der Waals surface area contributed by atoms with E-state index in [-0.39, 0.29) is 5.41 Å². The van der Waals surface area contributed by atoms with Crippen molar-refractivity contribution in [2.24, 2.45) is 0 Å². The first-order valence-electron chi connectivity index (χ1n) is 19.5. The van der Waals surface area contributed by atoms with Gasteiger partial charge in [0.15, 0.2) is 5.82 Å². The van der Waals surface area contributed by atoms with Crippen LogP contribution in [0, 0.1) is 0 Å². The van der Waals surface area contributed by atoms with Crippen molar-refractivity contribution in [2.75, 3.05) is 0 Å². The number of rotatable bonds is 6. The van der Waals surface area contributed by atoms with Crippen molar-refractivity contribution in [1.82, 2.24) is 9.97 Å². The van der Waals surface area contributed by atoms with E-state index in [1.807, 2.05) is 29.5 Å². The number of aromatic nitrogens is 2. The number of hydrogen-bond acceptors (Lipinski definition) is 3. The lowest BCUT2D eigenvalue weighted by molar-refractivity contribution is 0.714. The van der Waals surface area contributed by atoms with Crippen LogP contribution in [0.4, 0.5) is 0 Å². The van der Waals surface area contributed by atoms with Gasteiger partial charge in [-0.05, 0) is 75.2 Å². The fraction of sp³-hybridized carbons (Fsp3) is 0.0370. The Morgan fingerprint density at radius 2 is 0.982 bits per heavy atom. The van der Waals surface area contributed by atoms with Gasteiger partial charge in [-0.15, -0.1) is 11.3 Å². The maximum absolute atomic E-state index is 5.22. The van der Waals surface area contributed by atoms with E-state index >= 15 is 0 Å². The number of nitrogens with zero attached hydrogens (tertiary/aromatic N) is 2. The summed E-state index contributed by atoms with van der Waals surface area (Å²) < 4.78 is 2.63. The third-order valence-electron chi connectivity index (χ3n) is 11.8. The molecule has 2 heterocycles. The number of hydrogen-bond donors (Lipinski definition) is 0. The molecule has 0 fully saturated rings. The van der Waals surface area contributed by atoms with Crippen LogP contribution < -0.4 is 0 Å². The van der Waals surface area contributed by atoms with Crippen LogP contribution >= 0.6 is 11.3 Å². The summed E-state index contributed by atoms with van der Waals surface area (Å²) in [6, 6.07) is 72.1. The topological polar surface area (TPSA) is 25.8 Å². The van der Waals surface area contributed by atoms with E-state index in [0.717, 1.165) is 33.6 Å². The molecule has 0 aliphatic heterocycles. The Kier molecular flexibility index (Phi) is 7.84. The highest BCUT2D eigenvalue weighted by Crippen LogP contribution is 2.55. The normalized spacial score (nSPS) is 14.5. The molecule has 0 radical (unpaired) electrons. The van der Waals surface area contributed by atoms with Crippen LogP contribution in [-0.2, 0) is 5.41 Å². The zero-order valence-corrected chi connectivity index (χ0v) is 32.2. The highest BCUT2D eigenvalue weighted by molar-refractivity contribution is 7.26. The first-order chi connectivity index (χ1) is 28.1. The Labute approximate surface area is 336 Å². The van der Waals surface area contributed by atoms with E-state index in [1.165, 1.54) is 64.7 Å². The van der Waals surface area contributed by atoms with E-state index in [1.54, 1.807) is 0 Å². The first kappa shape index (κ1) is 33.4. The van der Waals surface area contributed by atoms with Crippen molar-refractivity contribution < 1.29 is 0 Å². The SMILES string of the molecule is CC1(c2ccccc2)c2ccccc2-c2c(-c3cccc(-c4cc(-c5ccc(-c6cccc7c6sc6ccccc67)cc5)nc(-c5ccccc5)n4)c3)cccc21. The second-order valence-electron chi connectivity index (χ2n) is 15.0. The van der Waals surface area contributed by atoms with Gasteiger partial charge in [-0.1, -0.05) is 182 Å². The third-order valence-corrected chi connectivity index (χ3v) is 13.0. The average Bonchev–Trinajstić information content (AvgIpc) is 3.80. The van der Waals surface area contributed by atoms with Gasteiger partial charge in [0.2, 0.25) is 0 Å². The van der Waals surface area contributed by atoms with Crippen LogP contribution in [0.3, 0.4) is 0 Å². The molecule has 2 aromatic heterocycles. The lowest BCUT2D eigenvalue weighted by atomic mass is 9.74. The molecule has 0 saturated heterocycles.